The van der Waals surface area contributed by atoms with Crippen molar-refractivity contribution < 1.29 is 21.6 Å². The van der Waals surface area contributed by atoms with Gasteiger partial charge in [0.1, 0.15) is 0 Å². The van der Waals surface area contributed by atoms with E-state index in [0.717, 1.165) is 12.0 Å². The molecule has 0 unspecified atom stereocenters. The number of halogens is 3. The number of piperidine rings is 1. The van der Waals surface area contributed by atoms with Crippen LogP contribution < -0.4 is 10.6 Å². The van der Waals surface area contributed by atoms with Crippen LogP contribution in [0, 0.1) is 12.8 Å². The third-order valence-electron chi connectivity index (χ3n) is 4.88. The second-order valence-electron chi connectivity index (χ2n) is 6.99. The summed E-state index contributed by atoms with van der Waals surface area (Å²) in [6.07, 6.45) is 5.10. The SMILES string of the molecule is CCNC(=NCC1CCN(S(=O)(=O)C(F)(F)F)CC1)NCCc1ccncc1C. The number of alkyl halides is 3. The third-order valence-corrected chi connectivity index (χ3v) is 6.51. The molecule has 1 aromatic heterocycles. The molecule has 0 radical (unpaired) electrons. The van der Waals surface area contributed by atoms with Gasteiger partial charge in [-0.05, 0) is 56.2 Å². The smallest absolute Gasteiger partial charge is 0.357 e. The Balaban J connectivity index is 1.84. The van der Waals surface area contributed by atoms with E-state index in [1.807, 2.05) is 26.1 Å². The number of sulfonamides is 1. The highest BCUT2D eigenvalue weighted by molar-refractivity contribution is 7.90. The largest absolute Gasteiger partial charge is 0.511 e. The van der Waals surface area contributed by atoms with Gasteiger partial charge < -0.3 is 10.6 Å². The monoisotopic (exact) mass is 435 g/mol. The molecular weight excluding hydrogens is 407 g/mol. The van der Waals surface area contributed by atoms with Gasteiger partial charge in [0.15, 0.2) is 5.96 Å². The molecule has 164 valence electrons. The molecule has 1 aromatic rings. The normalized spacial score (nSPS) is 17.3. The molecule has 0 aliphatic carbocycles. The standard InChI is InChI=1S/C18H28F3N5O2S/c1-3-23-17(24-9-5-16-4-8-22-12-14(16)2)25-13-15-6-10-26(11-7-15)29(27,28)18(19,20)21/h4,8,12,15H,3,5-7,9-11,13H2,1-2H3,(H2,23,24,25). The van der Waals surface area contributed by atoms with E-state index in [0.29, 0.717) is 42.7 Å². The molecule has 0 atom stereocenters. The first kappa shape index (κ1) is 23.4. The molecular formula is C18H28F3N5O2S. The zero-order valence-corrected chi connectivity index (χ0v) is 17.5. The minimum absolute atomic E-state index is 0.0487. The number of pyridine rings is 1. The maximum Gasteiger partial charge on any atom is 0.511 e. The van der Waals surface area contributed by atoms with Crippen LogP contribution in [-0.2, 0) is 16.4 Å². The Kier molecular flexibility index (Phi) is 8.26. The van der Waals surface area contributed by atoms with Gasteiger partial charge in [0.25, 0.3) is 0 Å². The van der Waals surface area contributed by atoms with Gasteiger partial charge in [0, 0.05) is 45.1 Å². The minimum atomic E-state index is -5.24. The van der Waals surface area contributed by atoms with Crippen LogP contribution in [-0.4, -0.2) is 61.9 Å². The highest BCUT2D eigenvalue weighted by atomic mass is 32.2. The van der Waals surface area contributed by atoms with Crippen molar-refractivity contribution in [2.75, 3.05) is 32.7 Å². The van der Waals surface area contributed by atoms with Gasteiger partial charge in [-0.3, -0.25) is 9.98 Å². The zero-order chi connectivity index (χ0) is 21.5. The molecule has 2 rings (SSSR count). The molecule has 7 nitrogen and oxygen atoms in total. The molecule has 2 N–H and O–H groups in total. The van der Waals surface area contributed by atoms with Crippen LogP contribution in [0.3, 0.4) is 0 Å². The van der Waals surface area contributed by atoms with Crippen LogP contribution in [0.25, 0.3) is 0 Å². The van der Waals surface area contributed by atoms with E-state index in [2.05, 4.69) is 20.6 Å². The second kappa shape index (κ2) is 10.2. The Morgan fingerprint density at radius 1 is 1.31 bits per heavy atom. The van der Waals surface area contributed by atoms with Gasteiger partial charge in [-0.2, -0.15) is 17.5 Å². The number of hydrogen-bond acceptors (Lipinski definition) is 4. The van der Waals surface area contributed by atoms with E-state index in [-0.39, 0.29) is 19.0 Å². The first-order valence-corrected chi connectivity index (χ1v) is 11.1. The number of aromatic nitrogens is 1. The van der Waals surface area contributed by atoms with E-state index in [1.54, 1.807) is 6.20 Å². The highest BCUT2D eigenvalue weighted by Gasteiger charge is 2.50. The summed E-state index contributed by atoms with van der Waals surface area (Å²) in [7, 11) is -5.24. The van der Waals surface area contributed by atoms with Crippen LogP contribution in [0.2, 0.25) is 0 Å². The van der Waals surface area contributed by atoms with Crippen LogP contribution in [0.15, 0.2) is 23.5 Å². The van der Waals surface area contributed by atoms with Crippen LogP contribution >= 0.6 is 0 Å². The average Bonchev–Trinajstić information content (AvgIpc) is 2.67. The molecule has 0 spiro atoms. The fraction of sp³-hybridized carbons (Fsp3) is 0.667. The van der Waals surface area contributed by atoms with Gasteiger partial charge in [0.2, 0.25) is 0 Å². The number of guanidine groups is 1. The summed E-state index contributed by atoms with van der Waals surface area (Å²) >= 11 is 0. The quantitative estimate of drug-likeness (QED) is 0.506. The molecule has 0 bridgehead atoms. The lowest BCUT2D eigenvalue weighted by Crippen LogP contribution is -2.45. The molecule has 2 heterocycles. The van der Waals surface area contributed by atoms with Crippen molar-refractivity contribution in [3.63, 3.8) is 0 Å². The Bertz CT molecular complexity index is 791. The van der Waals surface area contributed by atoms with Gasteiger partial charge in [-0.15, -0.1) is 0 Å². The second-order valence-corrected chi connectivity index (χ2v) is 8.92. The summed E-state index contributed by atoms with van der Waals surface area (Å²) in [6.45, 7) is 5.49. The van der Waals surface area contributed by atoms with Gasteiger partial charge in [-0.25, -0.2) is 8.42 Å². The van der Waals surface area contributed by atoms with Crippen molar-refractivity contribution in [3.8, 4) is 0 Å². The molecule has 1 saturated heterocycles. The van der Waals surface area contributed by atoms with E-state index >= 15 is 0 Å². The van der Waals surface area contributed by atoms with Crippen molar-refractivity contribution in [3.05, 3.63) is 29.6 Å². The van der Waals surface area contributed by atoms with Gasteiger partial charge in [-0.1, -0.05) is 0 Å². The zero-order valence-electron chi connectivity index (χ0n) is 16.7. The molecule has 0 saturated carbocycles. The van der Waals surface area contributed by atoms with Gasteiger partial charge >= 0.3 is 15.5 Å². The maximum atomic E-state index is 12.6. The highest BCUT2D eigenvalue weighted by Crippen LogP contribution is 2.30. The Morgan fingerprint density at radius 3 is 2.59 bits per heavy atom. The molecule has 11 heteroatoms. The lowest BCUT2D eigenvalue weighted by molar-refractivity contribution is -0.0496. The van der Waals surface area contributed by atoms with E-state index in [9.17, 15) is 21.6 Å². The molecule has 0 aromatic carbocycles. The number of nitrogens with one attached hydrogen (secondary N) is 2. The summed E-state index contributed by atoms with van der Waals surface area (Å²) in [5, 5.41) is 6.40. The lowest BCUT2D eigenvalue weighted by Gasteiger charge is -2.30. The van der Waals surface area contributed by atoms with Crippen LogP contribution in [0.4, 0.5) is 13.2 Å². The fourth-order valence-corrected chi connectivity index (χ4v) is 4.12. The van der Waals surface area contributed by atoms with Crippen LogP contribution in [0.1, 0.15) is 30.9 Å². The van der Waals surface area contributed by atoms with Crippen molar-refractivity contribution >= 4 is 16.0 Å². The molecule has 1 aliphatic rings. The minimum Gasteiger partial charge on any atom is -0.357 e. The first-order chi connectivity index (χ1) is 13.6. The van der Waals surface area contributed by atoms with E-state index in [4.69, 9.17) is 0 Å². The predicted octanol–water partition coefficient (Wildman–Crippen LogP) is 2.05. The number of nitrogens with zero attached hydrogens (tertiary/aromatic N) is 3. The fourth-order valence-electron chi connectivity index (χ4n) is 3.14. The number of rotatable bonds is 7. The number of aryl methyl sites for hydroxylation is 1. The molecule has 29 heavy (non-hydrogen) atoms. The van der Waals surface area contributed by atoms with Crippen molar-refractivity contribution in [2.24, 2.45) is 10.9 Å². The summed E-state index contributed by atoms with van der Waals surface area (Å²) in [5.41, 5.74) is -2.92. The summed E-state index contributed by atoms with van der Waals surface area (Å²) < 4.78 is 61.4. The Morgan fingerprint density at radius 2 is 2.00 bits per heavy atom. The van der Waals surface area contributed by atoms with E-state index in [1.165, 1.54) is 5.56 Å². The maximum absolute atomic E-state index is 12.6. The Labute approximate surface area is 169 Å². The molecule has 1 aliphatic heterocycles. The lowest BCUT2D eigenvalue weighted by atomic mass is 9.98. The molecule has 1 fully saturated rings. The number of aliphatic imine (C=N–C) groups is 1. The summed E-state index contributed by atoms with van der Waals surface area (Å²) in [5.74, 6) is 0.692. The third kappa shape index (κ3) is 6.56. The number of hydrogen-bond donors (Lipinski definition) is 2. The van der Waals surface area contributed by atoms with Crippen molar-refractivity contribution in [1.29, 1.82) is 0 Å². The van der Waals surface area contributed by atoms with Gasteiger partial charge in [0.05, 0.1) is 0 Å². The topological polar surface area (TPSA) is 86.7 Å². The summed E-state index contributed by atoms with van der Waals surface area (Å²) in [4.78, 5) is 8.59. The Hall–Kier alpha value is -1.88. The van der Waals surface area contributed by atoms with Crippen molar-refractivity contribution in [2.45, 2.75) is 38.6 Å². The average molecular weight is 436 g/mol. The predicted molar refractivity (Wildman–Crippen MR) is 106 cm³/mol. The first-order valence-electron chi connectivity index (χ1n) is 9.63. The van der Waals surface area contributed by atoms with Crippen LogP contribution in [0.5, 0.6) is 0 Å². The summed E-state index contributed by atoms with van der Waals surface area (Å²) in [6, 6.07) is 1.98. The molecule has 0 amide bonds. The van der Waals surface area contributed by atoms with Crippen molar-refractivity contribution in [1.82, 2.24) is 19.9 Å². The van der Waals surface area contributed by atoms with E-state index < -0.39 is 15.5 Å².